The number of ketones is 1. The predicted octanol–water partition coefficient (Wildman–Crippen LogP) is 5.10. The van der Waals surface area contributed by atoms with Crippen LogP contribution in [0.1, 0.15) is 44.0 Å². The molecule has 1 aromatic heterocycles. The zero-order chi connectivity index (χ0) is 22.6. The van der Waals surface area contributed by atoms with Crippen molar-refractivity contribution in [2.75, 3.05) is 11.2 Å². The van der Waals surface area contributed by atoms with Gasteiger partial charge in [-0.05, 0) is 67.7 Å². The Morgan fingerprint density at radius 1 is 1.03 bits per heavy atom. The Morgan fingerprint density at radius 2 is 1.75 bits per heavy atom. The van der Waals surface area contributed by atoms with Crippen LogP contribution in [0, 0.1) is 24.7 Å². The molecule has 3 heterocycles. The summed E-state index contributed by atoms with van der Waals surface area (Å²) < 4.78 is 6.33. The Morgan fingerprint density at radius 3 is 2.44 bits per heavy atom. The standard InChI is InChI=1S/C26H28N2O3S/c1-14-12-19-20(13-15(14)2)31-25-22(24(19)29)23(17-8-10-18(32-4)11-9-17)28(26(25)30)21-7-5-6-16(3)27-21/h5-11,14-15,19-20,23H,12-13H2,1-4H3. The van der Waals surface area contributed by atoms with Crippen LogP contribution in [0.25, 0.3) is 0 Å². The van der Waals surface area contributed by atoms with Crippen molar-refractivity contribution in [3.05, 3.63) is 65.1 Å². The number of hydrogen-bond donors (Lipinski definition) is 0. The Labute approximate surface area is 193 Å². The number of Topliss-reactive ketones (excluding diaryl/α,β-unsaturated/α-hetero) is 1. The highest BCUT2D eigenvalue weighted by atomic mass is 32.2. The third-order valence-electron chi connectivity index (χ3n) is 7.26. The second-order valence-electron chi connectivity index (χ2n) is 9.28. The minimum Gasteiger partial charge on any atom is -0.483 e. The van der Waals surface area contributed by atoms with Crippen LogP contribution in [0.5, 0.6) is 0 Å². The molecule has 1 amide bonds. The lowest BCUT2D eigenvalue weighted by Crippen LogP contribution is -2.43. The third kappa shape index (κ3) is 3.36. The molecule has 166 valence electrons. The first-order chi connectivity index (χ1) is 15.4. The number of rotatable bonds is 3. The number of carbonyl (C=O) groups is 2. The zero-order valence-electron chi connectivity index (χ0n) is 18.9. The lowest BCUT2D eigenvalue weighted by Gasteiger charge is -2.40. The molecule has 6 heteroatoms. The number of thioether (sulfide) groups is 1. The van der Waals surface area contributed by atoms with Crippen molar-refractivity contribution in [2.45, 2.75) is 50.7 Å². The molecular weight excluding hydrogens is 420 g/mol. The van der Waals surface area contributed by atoms with Crippen LogP contribution in [0.2, 0.25) is 0 Å². The lowest BCUT2D eigenvalue weighted by atomic mass is 9.70. The number of hydrogen-bond acceptors (Lipinski definition) is 5. The van der Waals surface area contributed by atoms with Crippen molar-refractivity contribution in [3.63, 3.8) is 0 Å². The number of aryl methyl sites for hydroxylation is 1. The van der Waals surface area contributed by atoms with Crippen molar-refractivity contribution in [1.29, 1.82) is 0 Å². The largest absolute Gasteiger partial charge is 0.483 e. The topological polar surface area (TPSA) is 59.5 Å². The Kier molecular flexibility index (Phi) is 5.36. The van der Waals surface area contributed by atoms with E-state index in [0.717, 1.165) is 29.0 Å². The summed E-state index contributed by atoms with van der Waals surface area (Å²) in [6.45, 7) is 6.31. The number of benzene rings is 1. The molecule has 1 aliphatic carbocycles. The summed E-state index contributed by atoms with van der Waals surface area (Å²) in [6, 6.07) is 13.2. The van der Waals surface area contributed by atoms with Crippen molar-refractivity contribution in [1.82, 2.24) is 4.98 Å². The van der Waals surface area contributed by atoms with Crippen LogP contribution in [0.3, 0.4) is 0 Å². The molecule has 0 N–H and O–H groups in total. The minimum atomic E-state index is -0.522. The molecule has 32 heavy (non-hydrogen) atoms. The van der Waals surface area contributed by atoms with E-state index >= 15 is 0 Å². The van der Waals surface area contributed by atoms with Gasteiger partial charge in [0.05, 0.1) is 17.5 Å². The summed E-state index contributed by atoms with van der Waals surface area (Å²) >= 11 is 1.66. The highest BCUT2D eigenvalue weighted by Crippen LogP contribution is 2.49. The van der Waals surface area contributed by atoms with Gasteiger partial charge in [0.2, 0.25) is 0 Å². The third-order valence-corrected chi connectivity index (χ3v) is 8.01. The molecule has 0 bridgehead atoms. The summed E-state index contributed by atoms with van der Waals surface area (Å²) in [7, 11) is 0. The maximum atomic E-state index is 13.8. The fourth-order valence-electron chi connectivity index (χ4n) is 5.26. The zero-order valence-corrected chi connectivity index (χ0v) is 19.7. The van der Waals surface area contributed by atoms with E-state index in [-0.39, 0.29) is 29.5 Å². The average Bonchev–Trinajstić information content (AvgIpc) is 3.08. The van der Waals surface area contributed by atoms with Crippen molar-refractivity contribution < 1.29 is 14.3 Å². The number of carbonyl (C=O) groups excluding carboxylic acids is 2. The quantitative estimate of drug-likeness (QED) is 0.611. The van der Waals surface area contributed by atoms with Gasteiger partial charge in [-0.15, -0.1) is 11.8 Å². The van der Waals surface area contributed by atoms with Gasteiger partial charge in [0.25, 0.3) is 5.91 Å². The van der Waals surface area contributed by atoms with E-state index in [9.17, 15) is 9.59 Å². The van der Waals surface area contributed by atoms with Gasteiger partial charge in [-0.2, -0.15) is 0 Å². The average molecular weight is 449 g/mol. The Hall–Kier alpha value is -2.60. The SMILES string of the molecule is CSc1ccc(C2C3=C(OC4CC(C)C(C)CC4C3=O)C(=O)N2c2cccc(C)n2)cc1. The van der Waals surface area contributed by atoms with Gasteiger partial charge in [0, 0.05) is 10.6 Å². The number of pyridine rings is 1. The summed E-state index contributed by atoms with van der Waals surface area (Å²) in [5.74, 6) is 1.30. The molecule has 0 spiro atoms. The first kappa shape index (κ1) is 21.3. The van der Waals surface area contributed by atoms with E-state index in [1.807, 2.05) is 55.6 Å². The molecule has 2 aliphatic heterocycles. The Bertz CT molecular complexity index is 1110. The van der Waals surface area contributed by atoms with Gasteiger partial charge in [-0.1, -0.05) is 32.0 Å². The van der Waals surface area contributed by atoms with E-state index in [2.05, 4.69) is 18.8 Å². The fourth-order valence-corrected chi connectivity index (χ4v) is 5.67. The lowest BCUT2D eigenvalue weighted by molar-refractivity contribution is -0.134. The predicted molar refractivity (Wildman–Crippen MR) is 125 cm³/mol. The number of aromatic nitrogens is 1. The van der Waals surface area contributed by atoms with Crippen molar-refractivity contribution in [2.24, 2.45) is 17.8 Å². The van der Waals surface area contributed by atoms with Gasteiger partial charge in [0.1, 0.15) is 11.9 Å². The van der Waals surface area contributed by atoms with Gasteiger partial charge in [-0.25, -0.2) is 4.98 Å². The van der Waals surface area contributed by atoms with Crippen LogP contribution in [-0.4, -0.2) is 29.0 Å². The number of fused-ring (bicyclic) bond motifs is 1. The number of ether oxygens (including phenoxy) is 1. The van der Waals surface area contributed by atoms with E-state index in [0.29, 0.717) is 23.2 Å². The normalized spacial score (nSPS) is 29.6. The minimum absolute atomic E-state index is 0.0671. The molecule has 0 saturated heterocycles. The van der Waals surface area contributed by atoms with E-state index < -0.39 is 6.04 Å². The van der Waals surface area contributed by atoms with Gasteiger partial charge < -0.3 is 4.74 Å². The molecule has 3 aliphatic rings. The molecule has 1 saturated carbocycles. The molecule has 1 aromatic carbocycles. The van der Waals surface area contributed by atoms with Crippen LogP contribution >= 0.6 is 11.8 Å². The summed E-state index contributed by atoms with van der Waals surface area (Å²) in [4.78, 5) is 34.9. The molecule has 5 unspecified atom stereocenters. The summed E-state index contributed by atoms with van der Waals surface area (Å²) in [5.41, 5.74) is 2.22. The molecule has 2 aromatic rings. The Balaban J connectivity index is 1.63. The fraction of sp³-hybridized carbons (Fsp3) is 0.423. The number of amides is 1. The van der Waals surface area contributed by atoms with Crippen LogP contribution in [0.15, 0.2) is 58.7 Å². The van der Waals surface area contributed by atoms with E-state index in [1.54, 1.807) is 16.7 Å². The second-order valence-corrected chi connectivity index (χ2v) is 10.2. The van der Waals surface area contributed by atoms with Gasteiger partial charge in [-0.3, -0.25) is 14.5 Å². The molecule has 0 radical (unpaired) electrons. The van der Waals surface area contributed by atoms with Crippen molar-refractivity contribution >= 4 is 29.3 Å². The molecule has 5 atom stereocenters. The highest BCUT2D eigenvalue weighted by Gasteiger charge is 2.54. The van der Waals surface area contributed by atoms with Crippen LogP contribution < -0.4 is 4.90 Å². The molecular formula is C26H28N2O3S. The van der Waals surface area contributed by atoms with Crippen LogP contribution in [-0.2, 0) is 14.3 Å². The first-order valence-corrected chi connectivity index (χ1v) is 12.5. The maximum absolute atomic E-state index is 13.8. The summed E-state index contributed by atoms with van der Waals surface area (Å²) in [6.07, 6.45) is 3.41. The van der Waals surface area contributed by atoms with Gasteiger partial charge >= 0.3 is 0 Å². The number of anilines is 1. The first-order valence-electron chi connectivity index (χ1n) is 11.2. The molecule has 1 fully saturated rings. The highest BCUT2D eigenvalue weighted by molar-refractivity contribution is 7.98. The second kappa shape index (κ2) is 8.07. The maximum Gasteiger partial charge on any atom is 0.295 e. The van der Waals surface area contributed by atoms with Crippen LogP contribution in [0.4, 0.5) is 5.82 Å². The van der Waals surface area contributed by atoms with E-state index in [1.165, 1.54) is 0 Å². The molecule has 5 rings (SSSR count). The van der Waals surface area contributed by atoms with Gasteiger partial charge in [0.15, 0.2) is 11.5 Å². The smallest absolute Gasteiger partial charge is 0.295 e. The summed E-state index contributed by atoms with van der Waals surface area (Å²) in [5, 5.41) is 0. The monoisotopic (exact) mass is 448 g/mol. The molecule has 5 nitrogen and oxygen atoms in total. The van der Waals surface area contributed by atoms with Crippen molar-refractivity contribution in [3.8, 4) is 0 Å². The number of nitrogens with zero attached hydrogens (tertiary/aromatic N) is 2. The van der Waals surface area contributed by atoms with E-state index in [4.69, 9.17) is 4.74 Å².